The van der Waals surface area contributed by atoms with Gasteiger partial charge in [0.1, 0.15) is 11.5 Å². The summed E-state index contributed by atoms with van der Waals surface area (Å²) in [4.78, 5) is 16.3. The van der Waals surface area contributed by atoms with E-state index >= 15 is 0 Å². The molecule has 6 nitrogen and oxygen atoms in total. The van der Waals surface area contributed by atoms with Gasteiger partial charge < -0.3 is 14.5 Å². The molecule has 2 aromatic heterocycles. The Balaban J connectivity index is 1.91. The van der Waals surface area contributed by atoms with E-state index in [0.29, 0.717) is 24.7 Å². The van der Waals surface area contributed by atoms with Gasteiger partial charge in [-0.2, -0.15) is 13.2 Å². The summed E-state index contributed by atoms with van der Waals surface area (Å²) < 4.78 is 45.4. The lowest BCUT2D eigenvalue weighted by Crippen LogP contribution is -2.40. The fraction of sp³-hybridized carbons (Fsp3) is 0.526. The molecular formula is C19H24F3N5O. The van der Waals surface area contributed by atoms with Gasteiger partial charge in [-0.15, -0.1) is 0 Å². The molecule has 9 heteroatoms. The third kappa shape index (κ3) is 4.96. The average molecular weight is 395 g/mol. The first-order valence-corrected chi connectivity index (χ1v) is 9.20. The van der Waals surface area contributed by atoms with Crippen molar-refractivity contribution in [3.8, 4) is 11.5 Å². The lowest BCUT2D eigenvalue weighted by Gasteiger charge is -2.30. The monoisotopic (exact) mass is 395 g/mol. The fourth-order valence-electron chi connectivity index (χ4n) is 3.36. The highest BCUT2D eigenvalue weighted by Gasteiger charge is 2.36. The quantitative estimate of drug-likeness (QED) is 0.718. The molecule has 0 aromatic carbocycles. The second kappa shape index (κ2) is 8.83. The molecule has 0 radical (unpaired) electrons. The smallest absolute Gasteiger partial charge is 0.383 e. The normalized spacial score (nSPS) is 17.5. The number of nitrogens with zero attached hydrogens (tertiary/aromatic N) is 5. The zero-order valence-corrected chi connectivity index (χ0v) is 16.0. The van der Waals surface area contributed by atoms with E-state index in [9.17, 15) is 13.2 Å². The van der Waals surface area contributed by atoms with Gasteiger partial charge in [0, 0.05) is 45.0 Å². The number of alkyl halides is 3. The van der Waals surface area contributed by atoms with Crippen molar-refractivity contribution in [2.75, 3.05) is 45.3 Å². The Kier molecular flexibility index (Phi) is 6.46. The minimum atomic E-state index is -4.55. The molecule has 1 unspecified atom stereocenters. The molecule has 1 fully saturated rings. The van der Waals surface area contributed by atoms with Crippen LogP contribution in [0.2, 0.25) is 0 Å². The van der Waals surface area contributed by atoms with Crippen LogP contribution in [0.5, 0.6) is 0 Å². The molecule has 1 aliphatic heterocycles. The van der Waals surface area contributed by atoms with E-state index in [2.05, 4.69) is 19.9 Å². The SMILES string of the molecule is COCCN(C)CC1CCCN1c1cc(C(F)(F)F)nc(-c2ccccn2)n1. The van der Waals surface area contributed by atoms with Crippen LogP contribution in [0.15, 0.2) is 30.5 Å². The molecule has 1 saturated heterocycles. The van der Waals surface area contributed by atoms with Gasteiger partial charge in [0.15, 0.2) is 11.5 Å². The van der Waals surface area contributed by atoms with Crippen LogP contribution in [0.3, 0.4) is 0 Å². The summed E-state index contributed by atoms with van der Waals surface area (Å²) in [7, 11) is 3.63. The van der Waals surface area contributed by atoms with Crippen molar-refractivity contribution in [1.29, 1.82) is 0 Å². The maximum Gasteiger partial charge on any atom is 0.433 e. The van der Waals surface area contributed by atoms with Gasteiger partial charge in [-0.1, -0.05) is 6.07 Å². The maximum absolute atomic E-state index is 13.4. The van der Waals surface area contributed by atoms with Crippen molar-refractivity contribution in [1.82, 2.24) is 19.9 Å². The predicted molar refractivity (Wildman–Crippen MR) is 100 cm³/mol. The first-order chi connectivity index (χ1) is 13.4. The van der Waals surface area contributed by atoms with Gasteiger partial charge in [-0.05, 0) is 32.0 Å². The van der Waals surface area contributed by atoms with Crippen molar-refractivity contribution in [2.45, 2.75) is 25.1 Å². The maximum atomic E-state index is 13.4. The number of likely N-dealkylation sites (N-methyl/N-ethyl adjacent to an activating group) is 1. The van der Waals surface area contributed by atoms with Gasteiger partial charge in [-0.3, -0.25) is 4.98 Å². The second-order valence-electron chi connectivity index (χ2n) is 6.89. The van der Waals surface area contributed by atoms with Crippen LogP contribution in [0, 0.1) is 0 Å². The summed E-state index contributed by atoms with van der Waals surface area (Å²) in [6, 6.07) is 6.15. The Labute approximate surface area is 162 Å². The molecule has 2 aromatic rings. The molecule has 1 aliphatic rings. The summed E-state index contributed by atoms with van der Waals surface area (Å²) >= 11 is 0. The Hall–Kier alpha value is -2.26. The van der Waals surface area contributed by atoms with E-state index < -0.39 is 11.9 Å². The van der Waals surface area contributed by atoms with E-state index in [4.69, 9.17) is 4.74 Å². The average Bonchev–Trinajstić information content (AvgIpc) is 3.14. The Morgan fingerprint density at radius 1 is 1.29 bits per heavy atom. The highest BCUT2D eigenvalue weighted by molar-refractivity contribution is 5.54. The number of aromatic nitrogens is 3. The molecule has 0 amide bonds. The van der Waals surface area contributed by atoms with E-state index in [1.54, 1.807) is 25.3 Å². The van der Waals surface area contributed by atoms with Crippen molar-refractivity contribution in [2.24, 2.45) is 0 Å². The molecular weight excluding hydrogens is 371 g/mol. The first kappa shape index (κ1) is 20.5. The zero-order valence-electron chi connectivity index (χ0n) is 16.0. The van der Waals surface area contributed by atoms with E-state index in [0.717, 1.165) is 32.0 Å². The molecule has 28 heavy (non-hydrogen) atoms. The number of anilines is 1. The van der Waals surface area contributed by atoms with Gasteiger partial charge in [0.25, 0.3) is 0 Å². The summed E-state index contributed by atoms with van der Waals surface area (Å²) in [5.41, 5.74) is -0.626. The van der Waals surface area contributed by atoms with Gasteiger partial charge in [0.05, 0.1) is 6.61 Å². The van der Waals surface area contributed by atoms with Crippen LogP contribution in [0.4, 0.5) is 19.0 Å². The summed E-state index contributed by atoms with van der Waals surface area (Å²) in [6.45, 7) is 2.77. The number of rotatable bonds is 7. The number of hydrogen-bond donors (Lipinski definition) is 0. The largest absolute Gasteiger partial charge is 0.433 e. The molecule has 3 rings (SSSR count). The van der Waals surface area contributed by atoms with Crippen LogP contribution < -0.4 is 4.90 Å². The van der Waals surface area contributed by atoms with Crippen LogP contribution in [-0.4, -0.2) is 66.3 Å². The summed E-state index contributed by atoms with van der Waals surface area (Å²) in [5.74, 6) is 0.287. The second-order valence-corrected chi connectivity index (χ2v) is 6.89. The highest BCUT2D eigenvalue weighted by atomic mass is 19.4. The molecule has 1 atom stereocenters. The van der Waals surface area contributed by atoms with E-state index in [1.807, 2.05) is 11.9 Å². The summed E-state index contributed by atoms with van der Waals surface area (Å²) in [6.07, 6.45) is -1.22. The first-order valence-electron chi connectivity index (χ1n) is 9.20. The van der Waals surface area contributed by atoms with Crippen molar-refractivity contribution in [3.05, 3.63) is 36.2 Å². The minimum Gasteiger partial charge on any atom is -0.383 e. The zero-order chi connectivity index (χ0) is 20.1. The third-order valence-corrected chi connectivity index (χ3v) is 4.77. The Morgan fingerprint density at radius 3 is 2.79 bits per heavy atom. The van der Waals surface area contributed by atoms with E-state index in [1.165, 1.54) is 6.20 Å². The lowest BCUT2D eigenvalue weighted by molar-refractivity contribution is -0.141. The van der Waals surface area contributed by atoms with Gasteiger partial charge in [-0.25, -0.2) is 9.97 Å². The van der Waals surface area contributed by atoms with Crippen molar-refractivity contribution >= 4 is 5.82 Å². The molecule has 0 saturated carbocycles. The molecule has 0 N–H and O–H groups in total. The molecule has 0 bridgehead atoms. The van der Waals surface area contributed by atoms with Crippen LogP contribution in [-0.2, 0) is 10.9 Å². The van der Waals surface area contributed by atoms with Crippen molar-refractivity contribution in [3.63, 3.8) is 0 Å². The lowest BCUT2D eigenvalue weighted by atomic mass is 10.2. The molecule has 0 aliphatic carbocycles. The number of pyridine rings is 1. The fourth-order valence-corrected chi connectivity index (χ4v) is 3.36. The number of hydrogen-bond acceptors (Lipinski definition) is 6. The highest BCUT2D eigenvalue weighted by Crippen LogP contribution is 2.33. The number of halogens is 3. The van der Waals surface area contributed by atoms with Crippen LogP contribution >= 0.6 is 0 Å². The number of ether oxygens (including phenoxy) is 1. The van der Waals surface area contributed by atoms with Crippen LogP contribution in [0.1, 0.15) is 18.5 Å². The third-order valence-electron chi connectivity index (χ3n) is 4.77. The van der Waals surface area contributed by atoms with Crippen LogP contribution in [0.25, 0.3) is 11.5 Å². The van der Waals surface area contributed by atoms with Gasteiger partial charge >= 0.3 is 6.18 Å². The predicted octanol–water partition coefficient (Wildman–Crippen LogP) is 3.10. The van der Waals surface area contributed by atoms with Crippen molar-refractivity contribution < 1.29 is 17.9 Å². The molecule has 3 heterocycles. The minimum absolute atomic E-state index is 0.0104. The Morgan fingerprint density at radius 2 is 2.11 bits per heavy atom. The molecule has 152 valence electrons. The number of methoxy groups -OCH3 is 1. The van der Waals surface area contributed by atoms with Gasteiger partial charge in [0.2, 0.25) is 0 Å². The molecule has 0 spiro atoms. The Bertz CT molecular complexity index is 772. The summed E-state index contributed by atoms with van der Waals surface area (Å²) in [5, 5.41) is 0. The topological polar surface area (TPSA) is 54.4 Å². The standard InChI is InChI=1S/C19H24F3N5O/c1-26(10-11-28-2)13-14-6-5-9-27(14)17-12-16(19(20,21)22)24-18(25-17)15-7-3-4-8-23-15/h3-4,7-8,12,14H,5-6,9-11,13H2,1-2H3. The van der Waals surface area contributed by atoms with E-state index in [-0.39, 0.29) is 11.9 Å².